The summed E-state index contributed by atoms with van der Waals surface area (Å²) in [5.41, 5.74) is 0. The van der Waals surface area contributed by atoms with E-state index in [1.807, 2.05) is 6.07 Å². The van der Waals surface area contributed by atoms with Gasteiger partial charge in [0.15, 0.2) is 0 Å². The van der Waals surface area contributed by atoms with Crippen LogP contribution in [0.15, 0.2) is 18.2 Å². The molecular formula is C14H19Cl3N2O. The van der Waals surface area contributed by atoms with Gasteiger partial charge in [0.2, 0.25) is 0 Å². The highest BCUT2D eigenvalue weighted by Gasteiger charge is 2.35. The second-order valence-corrected chi connectivity index (χ2v) is 6.20. The number of nitrogens with one attached hydrogen (secondary N) is 1. The standard InChI is InChI=1S/C14H18Cl2N2O.ClH/c15-12-1-2-14(13(16)5-12)19-4-3-18-8-10-6-17-7-11(10)9-18;/h1-2,5,10-11,17H,3-4,6-9H2;1H/t10-,11+;. The van der Waals surface area contributed by atoms with Crippen LogP contribution in [-0.2, 0) is 0 Å². The van der Waals surface area contributed by atoms with Crippen LogP contribution in [0.5, 0.6) is 5.75 Å². The molecule has 2 atom stereocenters. The Bertz CT molecular complexity index is 446. The van der Waals surface area contributed by atoms with Crippen molar-refractivity contribution in [2.45, 2.75) is 0 Å². The Balaban J connectivity index is 0.00000147. The van der Waals surface area contributed by atoms with Crippen molar-refractivity contribution in [1.82, 2.24) is 10.2 Å². The third-order valence-corrected chi connectivity index (χ3v) is 4.55. The molecule has 0 aromatic heterocycles. The summed E-state index contributed by atoms with van der Waals surface area (Å²) in [6, 6.07) is 5.34. The highest BCUT2D eigenvalue weighted by atomic mass is 35.5. The number of hydrogen-bond donors (Lipinski definition) is 1. The van der Waals surface area contributed by atoms with Crippen LogP contribution in [0.1, 0.15) is 0 Å². The fourth-order valence-corrected chi connectivity index (χ4v) is 3.48. The summed E-state index contributed by atoms with van der Waals surface area (Å²) >= 11 is 11.9. The minimum absolute atomic E-state index is 0. The molecule has 2 aliphatic heterocycles. The first kappa shape index (κ1) is 16.2. The van der Waals surface area contributed by atoms with Crippen LogP contribution >= 0.6 is 35.6 Å². The van der Waals surface area contributed by atoms with Crippen LogP contribution in [-0.4, -0.2) is 44.2 Å². The molecule has 1 N–H and O–H groups in total. The van der Waals surface area contributed by atoms with Crippen LogP contribution in [0.2, 0.25) is 10.0 Å². The molecule has 0 bridgehead atoms. The minimum Gasteiger partial charge on any atom is -0.491 e. The average Bonchev–Trinajstić information content (AvgIpc) is 2.92. The molecule has 2 aliphatic rings. The monoisotopic (exact) mass is 336 g/mol. The molecule has 1 aromatic rings. The number of halogens is 3. The Kier molecular flexibility index (Phi) is 5.82. The fraction of sp³-hybridized carbons (Fsp3) is 0.571. The van der Waals surface area contributed by atoms with Crippen molar-refractivity contribution in [3.05, 3.63) is 28.2 Å². The summed E-state index contributed by atoms with van der Waals surface area (Å²) in [5.74, 6) is 2.38. The summed E-state index contributed by atoms with van der Waals surface area (Å²) in [5, 5.41) is 4.67. The van der Waals surface area contributed by atoms with Gasteiger partial charge in [0, 0.05) is 24.7 Å². The van der Waals surface area contributed by atoms with E-state index in [4.69, 9.17) is 27.9 Å². The molecule has 112 valence electrons. The van der Waals surface area contributed by atoms with Crippen molar-refractivity contribution in [3.63, 3.8) is 0 Å². The molecule has 2 heterocycles. The van der Waals surface area contributed by atoms with Crippen molar-refractivity contribution < 1.29 is 4.74 Å². The number of benzene rings is 1. The molecule has 0 amide bonds. The minimum atomic E-state index is 0. The van der Waals surface area contributed by atoms with Gasteiger partial charge in [-0.05, 0) is 43.1 Å². The van der Waals surface area contributed by atoms with E-state index in [1.165, 1.54) is 26.2 Å². The molecule has 6 heteroatoms. The third-order valence-electron chi connectivity index (χ3n) is 4.02. The lowest BCUT2D eigenvalue weighted by Crippen LogP contribution is -2.29. The van der Waals surface area contributed by atoms with Crippen LogP contribution in [0.25, 0.3) is 0 Å². The molecule has 2 saturated heterocycles. The van der Waals surface area contributed by atoms with E-state index in [1.54, 1.807) is 12.1 Å². The maximum absolute atomic E-state index is 6.07. The van der Waals surface area contributed by atoms with Crippen molar-refractivity contribution in [3.8, 4) is 5.75 Å². The van der Waals surface area contributed by atoms with Gasteiger partial charge in [-0.2, -0.15) is 0 Å². The Hall–Kier alpha value is -0.190. The summed E-state index contributed by atoms with van der Waals surface area (Å²) in [6.45, 7) is 6.36. The second kappa shape index (κ2) is 7.19. The number of fused-ring (bicyclic) bond motifs is 1. The average molecular weight is 338 g/mol. The molecule has 2 fully saturated rings. The van der Waals surface area contributed by atoms with Gasteiger partial charge in [0.1, 0.15) is 12.4 Å². The summed E-state index contributed by atoms with van der Waals surface area (Å²) in [7, 11) is 0. The van der Waals surface area contributed by atoms with Gasteiger partial charge in [-0.3, -0.25) is 4.90 Å². The van der Waals surface area contributed by atoms with E-state index < -0.39 is 0 Å². The van der Waals surface area contributed by atoms with E-state index in [9.17, 15) is 0 Å². The number of nitrogens with zero attached hydrogens (tertiary/aromatic N) is 1. The molecule has 0 spiro atoms. The molecular weight excluding hydrogens is 319 g/mol. The highest BCUT2D eigenvalue weighted by molar-refractivity contribution is 6.35. The van der Waals surface area contributed by atoms with Crippen molar-refractivity contribution in [2.75, 3.05) is 39.3 Å². The molecule has 0 unspecified atom stereocenters. The molecule has 20 heavy (non-hydrogen) atoms. The lowest BCUT2D eigenvalue weighted by Gasteiger charge is -2.17. The summed E-state index contributed by atoms with van der Waals surface area (Å²) in [6.07, 6.45) is 0. The molecule has 0 radical (unpaired) electrons. The first-order chi connectivity index (χ1) is 9.22. The Labute approximate surface area is 136 Å². The Morgan fingerprint density at radius 3 is 2.55 bits per heavy atom. The highest BCUT2D eigenvalue weighted by Crippen LogP contribution is 2.28. The van der Waals surface area contributed by atoms with Crippen molar-refractivity contribution in [1.29, 1.82) is 0 Å². The predicted molar refractivity (Wildman–Crippen MR) is 85.5 cm³/mol. The van der Waals surface area contributed by atoms with Crippen LogP contribution in [0.3, 0.4) is 0 Å². The first-order valence-corrected chi connectivity index (χ1v) is 7.49. The largest absolute Gasteiger partial charge is 0.491 e. The third kappa shape index (κ3) is 3.71. The zero-order chi connectivity index (χ0) is 13.2. The van der Waals surface area contributed by atoms with Gasteiger partial charge in [-0.15, -0.1) is 12.4 Å². The normalized spacial score (nSPS) is 25.3. The zero-order valence-corrected chi connectivity index (χ0v) is 13.5. The maximum Gasteiger partial charge on any atom is 0.138 e. The molecule has 3 rings (SSSR count). The van der Waals surface area contributed by atoms with E-state index in [0.717, 1.165) is 18.4 Å². The van der Waals surface area contributed by atoms with Crippen molar-refractivity contribution in [2.24, 2.45) is 11.8 Å². The number of hydrogen-bond acceptors (Lipinski definition) is 3. The molecule has 0 saturated carbocycles. The lowest BCUT2D eigenvalue weighted by molar-refractivity contribution is 0.228. The molecule has 0 aliphatic carbocycles. The summed E-state index contributed by atoms with van der Waals surface area (Å²) in [4.78, 5) is 2.49. The number of rotatable bonds is 4. The van der Waals surface area contributed by atoms with Gasteiger partial charge in [0.25, 0.3) is 0 Å². The van der Waals surface area contributed by atoms with E-state index in [2.05, 4.69) is 10.2 Å². The first-order valence-electron chi connectivity index (χ1n) is 6.73. The lowest BCUT2D eigenvalue weighted by atomic mass is 10.0. The maximum atomic E-state index is 6.07. The SMILES string of the molecule is Cl.Clc1ccc(OCCN2C[C@H]3CNC[C@H]3C2)c(Cl)c1. The van der Waals surface area contributed by atoms with Gasteiger partial charge < -0.3 is 10.1 Å². The number of likely N-dealkylation sites (tertiary alicyclic amines) is 1. The smallest absolute Gasteiger partial charge is 0.138 e. The van der Waals surface area contributed by atoms with Crippen LogP contribution in [0.4, 0.5) is 0 Å². The zero-order valence-electron chi connectivity index (χ0n) is 11.1. The second-order valence-electron chi connectivity index (χ2n) is 5.36. The number of ether oxygens (including phenoxy) is 1. The van der Waals surface area contributed by atoms with E-state index in [-0.39, 0.29) is 12.4 Å². The van der Waals surface area contributed by atoms with Crippen LogP contribution in [0, 0.1) is 11.8 Å². The van der Waals surface area contributed by atoms with Crippen molar-refractivity contribution >= 4 is 35.6 Å². The Morgan fingerprint density at radius 2 is 1.90 bits per heavy atom. The van der Waals surface area contributed by atoms with Gasteiger partial charge in [-0.25, -0.2) is 0 Å². The van der Waals surface area contributed by atoms with Gasteiger partial charge in [0.05, 0.1) is 5.02 Å². The molecule has 3 nitrogen and oxygen atoms in total. The summed E-state index contributed by atoms with van der Waals surface area (Å²) < 4.78 is 5.73. The van der Waals surface area contributed by atoms with Gasteiger partial charge in [-0.1, -0.05) is 23.2 Å². The topological polar surface area (TPSA) is 24.5 Å². The molecule has 1 aromatic carbocycles. The van der Waals surface area contributed by atoms with Crippen LogP contribution < -0.4 is 10.1 Å². The van der Waals surface area contributed by atoms with E-state index >= 15 is 0 Å². The fourth-order valence-electron chi connectivity index (χ4n) is 3.01. The predicted octanol–water partition coefficient (Wildman–Crippen LogP) is 2.95. The van der Waals surface area contributed by atoms with Gasteiger partial charge >= 0.3 is 0 Å². The Morgan fingerprint density at radius 1 is 1.20 bits per heavy atom. The quantitative estimate of drug-likeness (QED) is 0.914. The van der Waals surface area contributed by atoms with E-state index in [0.29, 0.717) is 22.4 Å².